The lowest BCUT2D eigenvalue weighted by atomic mass is 9.93. The van der Waals surface area contributed by atoms with Gasteiger partial charge in [0.2, 0.25) is 0 Å². The fourth-order valence-corrected chi connectivity index (χ4v) is 5.13. The third-order valence-corrected chi connectivity index (χ3v) is 7.65. The fourth-order valence-electron chi connectivity index (χ4n) is 5.13. The van der Waals surface area contributed by atoms with E-state index >= 15 is 4.39 Å². The van der Waals surface area contributed by atoms with Crippen LogP contribution in [0, 0.1) is 11.7 Å². The van der Waals surface area contributed by atoms with Crippen LogP contribution in [0.3, 0.4) is 0 Å². The topological polar surface area (TPSA) is 159 Å². The van der Waals surface area contributed by atoms with Gasteiger partial charge in [-0.1, -0.05) is 5.21 Å². The van der Waals surface area contributed by atoms with Crippen molar-refractivity contribution < 1.29 is 23.8 Å². The third-order valence-electron chi connectivity index (χ3n) is 7.65. The van der Waals surface area contributed by atoms with E-state index in [1.54, 1.807) is 6.07 Å². The molecule has 14 nitrogen and oxygen atoms in total. The highest BCUT2D eigenvalue weighted by molar-refractivity contribution is 5.91. The number of aliphatic hydroxyl groups excluding tert-OH is 1. The minimum atomic E-state index is -0.660. The lowest BCUT2D eigenvalue weighted by Gasteiger charge is -2.31. The maximum Gasteiger partial charge on any atom is 0.273 e. The van der Waals surface area contributed by atoms with Crippen LogP contribution in [0.4, 0.5) is 4.39 Å². The summed E-state index contributed by atoms with van der Waals surface area (Å²) in [6, 6.07) is 5.13. The minimum Gasteiger partial charge on any atom is -0.494 e. The van der Waals surface area contributed by atoms with Gasteiger partial charge in [-0.05, 0) is 52.9 Å². The molecule has 2 aliphatic rings. The molecular formula is C27H27FN10O4. The Morgan fingerprint density at radius 2 is 2.10 bits per heavy atom. The maximum atomic E-state index is 15.1. The van der Waals surface area contributed by atoms with Gasteiger partial charge in [0.15, 0.2) is 17.3 Å². The second-order valence-electron chi connectivity index (χ2n) is 10.5. The SMILES string of the molecule is COc1ccc(-n2cnnn2)c(CNC(=O)c2cn(Cc3cn4cc(C5CC5)cc(C(O)C5COC5)c4n3)nn2)c1F. The molecule has 15 heteroatoms. The summed E-state index contributed by atoms with van der Waals surface area (Å²) in [5, 5.41) is 32.8. The Hall–Kier alpha value is -4.76. The normalized spacial score (nSPS) is 16.0. The summed E-state index contributed by atoms with van der Waals surface area (Å²) in [4.78, 5) is 17.7. The number of amides is 1. The van der Waals surface area contributed by atoms with E-state index in [4.69, 9.17) is 14.5 Å². The fraction of sp³-hybridized carbons (Fsp3) is 0.370. The van der Waals surface area contributed by atoms with E-state index in [1.807, 2.05) is 10.6 Å². The van der Waals surface area contributed by atoms with E-state index in [9.17, 15) is 9.90 Å². The molecule has 1 amide bonds. The quantitative estimate of drug-likeness (QED) is 0.251. The van der Waals surface area contributed by atoms with E-state index in [-0.39, 0.29) is 36.0 Å². The van der Waals surface area contributed by atoms with Crippen LogP contribution in [0.5, 0.6) is 5.75 Å². The van der Waals surface area contributed by atoms with Crippen molar-refractivity contribution in [2.45, 2.75) is 38.0 Å². The molecule has 1 aliphatic heterocycles. The summed E-state index contributed by atoms with van der Waals surface area (Å²) in [7, 11) is 1.36. The largest absolute Gasteiger partial charge is 0.494 e. The minimum absolute atomic E-state index is 0.0235. The molecule has 1 unspecified atom stereocenters. The Kier molecular flexibility index (Phi) is 6.59. The molecule has 1 saturated carbocycles. The highest BCUT2D eigenvalue weighted by Gasteiger charge is 2.32. The van der Waals surface area contributed by atoms with Crippen LogP contribution in [0.1, 0.15) is 57.7 Å². The van der Waals surface area contributed by atoms with E-state index in [0.29, 0.717) is 36.2 Å². The highest BCUT2D eigenvalue weighted by atomic mass is 19.1. The number of hydrogen-bond acceptors (Lipinski definition) is 10. The zero-order valence-electron chi connectivity index (χ0n) is 22.6. The first-order chi connectivity index (χ1) is 20.5. The molecule has 7 rings (SSSR count). The first-order valence-electron chi connectivity index (χ1n) is 13.5. The van der Waals surface area contributed by atoms with Crippen molar-refractivity contribution in [1.29, 1.82) is 0 Å². The number of nitrogens with zero attached hydrogens (tertiary/aromatic N) is 9. The number of aliphatic hydroxyl groups is 1. The second-order valence-corrected chi connectivity index (χ2v) is 10.5. The number of carbonyl (C=O) groups is 1. The number of benzene rings is 1. The van der Waals surface area contributed by atoms with Crippen LogP contribution in [0.2, 0.25) is 0 Å². The average molecular weight is 575 g/mol. The van der Waals surface area contributed by atoms with Gasteiger partial charge >= 0.3 is 0 Å². The number of imidazole rings is 1. The van der Waals surface area contributed by atoms with Crippen LogP contribution in [0.25, 0.3) is 11.3 Å². The van der Waals surface area contributed by atoms with E-state index < -0.39 is 17.8 Å². The van der Waals surface area contributed by atoms with Gasteiger partial charge in [-0.2, -0.15) is 0 Å². The monoisotopic (exact) mass is 574 g/mol. The number of rotatable bonds is 10. The van der Waals surface area contributed by atoms with Crippen molar-refractivity contribution in [3.05, 3.63) is 77.0 Å². The van der Waals surface area contributed by atoms with E-state index in [1.165, 1.54) is 40.6 Å². The number of carbonyl (C=O) groups excluding carboxylic acids is 1. The molecule has 0 spiro atoms. The van der Waals surface area contributed by atoms with Crippen molar-refractivity contribution >= 4 is 11.6 Å². The Labute approximate surface area is 238 Å². The Morgan fingerprint density at radius 3 is 2.81 bits per heavy atom. The van der Waals surface area contributed by atoms with Gasteiger partial charge in [-0.25, -0.2) is 18.7 Å². The molecule has 1 aromatic carbocycles. The summed E-state index contributed by atoms with van der Waals surface area (Å²) >= 11 is 0. The van der Waals surface area contributed by atoms with Crippen LogP contribution >= 0.6 is 0 Å². The lowest BCUT2D eigenvalue weighted by molar-refractivity contribution is -0.0921. The Morgan fingerprint density at radius 1 is 1.24 bits per heavy atom. The van der Waals surface area contributed by atoms with Crippen molar-refractivity contribution in [1.82, 2.24) is 49.9 Å². The molecule has 2 fully saturated rings. The van der Waals surface area contributed by atoms with Crippen molar-refractivity contribution in [2.75, 3.05) is 20.3 Å². The number of pyridine rings is 1. The van der Waals surface area contributed by atoms with Gasteiger partial charge in [-0.15, -0.1) is 10.2 Å². The molecule has 1 saturated heterocycles. The summed E-state index contributed by atoms with van der Waals surface area (Å²) < 4.78 is 30.3. The Balaban J connectivity index is 1.09. The number of fused-ring (bicyclic) bond motifs is 1. The number of methoxy groups -OCH3 is 1. The molecule has 0 bridgehead atoms. The zero-order valence-corrected chi connectivity index (χ0v) is 22.6. The number of nitrogens with one attached hydrogen (secondary N) is 1. The third kappa shape index (κ3) is 4.86. The van der Waals surface area contributed by atoms with Gasteiger partial charge in [0.25, 0.3) is 5.91 Å². The average Bonchev–Trinajstić information content (AvgIpc) is 3.31. The predicted octanol–water partition coefficient (Wildman–Crippen LogP) is 1.58. The molecule has 42 heavy (non-hydrogen) atoms. The standard InChI is InChI=1S/C27H27FN10O4/c1-41-23-5-4-22(38-14-30-33-35-38)20(24(23)28)7-29-27(40)21-11-37(34-32-21)10-18-9-36-8-16(15-2-3-15)6-19(26(36)31-18)25(39)17-12-42-13-17/h4-6,8-9,11,14-15,17,25,39H,2-3,7,10,12-13H2,1H3,(H,29,40). The second kappa shape index (κ2) is 10.6. The van der Waals surface area contributed by atoms with Gasteiger partial charge in [0, 0.05) is 36.0 Å². The summed E-state index contributed by atoms with van der Waals surface area (Å²) in [5.41, 5.74) is 3.92. The molecular weight excluding hydrogens is 547 g/mol. The van der Waals surface area contributed by atoms with Gasteiger partial charge < -0.3 is 24.3 Å². The predicted molar refractivity (Wildman–Crippen MR) is 142 cm³/mol. The number of aromatic nitrogens is 9. The van der Waals surface area contributed by atoms with Gasteiger partial charge in [0.05, 0.1) is 50.6 Å². The first-order valence-corrected chi connectivity index (χ1v) is 13.5. The van der Waals surface area contributed by atoms with Gasteiger partial charge in [-0.3, -0.25) is 4.79 Å². The number of ether oxygens (including phenoxy) is 2. The smallest absolute Gasteiger partial charge is 0.273 e. The molecule has 1 aliphatic carbocycles. The molecule has 5 heterocycles. The summed E-state index contributed by atoms with van der Waals surface area (Å²) in [5.74, 6) is -0.594. The molecule has 5 aromatic rings. The summed E-state index contributed by atoms with van der Waals surface area (Å²) in [6.07, 6.45) is 8.43. The highest BCUT2D eigenvalue weighted by Crippen LogP contribution is 2.42. The van der Waals surface area contributed by atoms with Crippen molar-refractivity contribution in [3.63, 3.8) is 0 Å². The molecule has 216 valence electrons. The zero-order chi connectivity index (χ0) is 28.8. The van der Waals surface area contributed by atoms with Crippen LogP contribution in [-0.4, -0.2) is 75.9 Å². The van der Waals surface area contributed by atoms with Crippen LogP contribution < -0.4 is 10.1 Å². The van der Waals surface area contributed by atoms with Gasteiger partial charge in [0.1, 0.15) is 12.0 Å². The Bertz CT molecular complexity index is 1760. The molecule has 0 radical (unpaired) electrons. The van der Waals surface area contributed by atoms with E-state index in [0.717, 1.165) is 18.4 Å². The number of tetrazole rings is 1. The van der Waals surface area contributed by atoms with Crippen LogP contribution in [0.15, 0.2) is 43.1 Å². The van der Waals surface area contributed by atoms with Crippen LogP contribution in [-0.2, 0) is 17.8 Å². The van der Waals surface area contributed by atoms with E-state index in [2.05, 4.69) is 43.4 Å². The van der Waals surface area contributed by atoms with Crippen molar-refractivity contribution in [3.8, 4) is 11.4 Å². The first kappa shape index (κ1) is 26.2. The molecule has 2 N–H and O–H groups in total. The molecule has 4 aromatic heterocycles. The number of halogens is 1. The maximum absolute atomic E-state index is 15.1. The molecule has 1 atom stereocenters. The summed E-state index contributed by atoms with van der Waals surface area (Å²) in [6.45, 7) is 1.15. The number of hydrogen-bond donors (Lipinski definition) is 2. The lowest BCUT2D eigenvalue weighted by Crippen LogP contribution is -2.33. The van der Waals surface area contributed by atoms with Crippen molar-refractivity contribution in [2.24, 2.45) is 5.92 Å².